The summed E-state index contributed by atoms with van der Waals surface area (Å²) in [6.07, 6.45) is 3.22. The Hall–Kier alpha value is -2.39. The van der Waals surface area contributed by atoms with E-state index in [0.29, 0.717) is 5.89 Å². The molecule has 2 heterocycles. The predicted molar refractivity (Wildman–Crippen MR) is 52.3 cm³/mol. The first-order valence-corrected chi connectivity index (χ1v) is 4.13. The molecule has 0 unspecified atom stereocenters. The zero-order valence-electron chi connectivity index (χ0n) is 7.64. The van der Waals surface area contributed by atoms with E-state index in [0.717, 1.165) is 5.56 Å². The lowest BCUT2D eigenvalue weighted by atomic mass is 10.3. The van der Waals surface area contributed by atoms with Gasteiger partial charge in [0.15, 0.2) is 0 Å². The molecule has 3 N–H and O–H groups in total. The smallest absolute Gasteiger partial charge is 0.246 e. The maximum Gasteiger partial charge on any atom is 0.246 e. The molecule has 0 aliphatic heterocycles. The van der Waals surface area contributed by atoms with Gasteiger partial charge >= 0.3 is 0 Å². The van der Waals surface area contributed by atoms with Crippen LogP contribution < -0.4 is 11.3 Å². The fourth-order valence-corrected chi connectivity index (χ4v) is 1.11. The largest absolute Gasteiger partial charge is 0.418 e. The van der Waals surface area contributed by atoms with Gasteiger partial charge < -0.3 is 4.42 Å². The van der Waals surface area contributed by atoms with Gasteiger partial charge in [-0.15, -0.1) is 0 Å². The number of nitriles is 1. The molecule has 0 saturated carbocycles. The monoisotopic (exact) mass is 201 g/mol. The van der Waals surface area contributed by atoms with E-state index in [4.69, 9.17) is 15.5 Å². The van der Waals surface area contributed by atoms with Crippen molar-refractivity contribution in [1.29, 1.82) is 5.26 Å². The number of nitrogen functional groups attached to an aromatic ring is 1. The molecule has 6 nitrogen and oxygen atoms in total. The van der Waals surface area contributed by atoms with Gasteiger partial charge in [-0.3, -0.25) is 10.4 Å². The highest BCUT2D eigenvalue weighted by Crippen LogP contribution is 2.23. The number of rotatable bonds is 2. The summed E-state index contributed by atoms with van der Waals surface area (Å²) < 4.78 is 5.24. The number of nitrogens with two attached hydrogens (primary N) is 1. The van der Waals surface area contributed by atoms with Crippen LogP contribution in [0.5, 0.6) is 0 Å². The Morgan fingerprint density at radius 1 is 1.40 bits per heavy atom. The summed E-state index contributed by atoms with van der Waals surface area (Å²) in [6, 6.07) is 5.33. The second-order valence-electron chi connectivity index (χ2n) is 2.69. The van der Waals surface area contributed by atoms with Crippen LogP contribution in [0, 0.1) is 11.3 Å². The van der Waals surface area contributed by atoms with Crippen LogP contribution in [0.25, 0.3) is 11.5 Å². The second-order valence-corrected chi connectivity index (χ2v) is 2.69. The molecule has 74 valence electrons. The van der Waals surface area contributed by atoms with Gasteiger partial charge in [0.2, 0.25) is 17.5 Å². The van der Waals surface area contributed by atoms with E-state index in [-0.39, 0.29) is 11.6 Å². The lowest BCUT2D eigenvalue weighted by Gasteiger charge is -1.92. The first kappa shape index (κ1) is 9.18. The van der Waals surface area contributed by atoms with Crippen molar-refractivity contribution in [2.45, 2.75) is 0 Å². The summed E-state index contributed by atoms with van der Waals surface area (Å²) in [4.78, 5) is 7.84. The van der Waals surface area contributed by atoms with Crippen LogP contribution in [-0.2, 0) is 0 Å². The van der Waals surface area contributed by atoms with E-state index < -0.39 is 0 Å². The number of aromatic nitrogens is 2. The Morgan fingerprint density at radius 3 is 2.67 bits per heavy atom. The van der Waals surface area contributed by atoms with Gasteiger partial charge in [0.05, 0.1) is 0 Å². The quantitative estimate of drug-likeness (QED) is 0.552. The Kier molecular flexibility index (Phi) is 2.31. The SMILES string of the molecule is N#Cc1nc(-c2ccncc2)oc1NN. The van der Waals surface area contributed by atoms with E-state index in [1.165, 1.54) is 0 Å². The predicted octanol–water partition coefficient (Wildman–Crippen LogP) is 0.894. The van der Waals surface area contributed by atoms with Crippen molar-refractivity contribution in [1.82, 2.24) is 9.97 Å². The number of oxazole rings is 1. The van der Waals surface area contributed by atoms with Gasteiger partial charge in [0.25, 0.3) is 0 Å². The van der Waals surface area contributed by atoms with Crippen molar-refractivity contribution >= 4 is 5.88 Å². The van der Waals surface area contributed by atoms with Crippen LogP contribution in [0.2, 0.25) is 0 Å². The third kappa shape index (κ3) is 1.63. The summed E-state index contributed by atoms with van der Waals surface area (Å²) in [7, 11) is 0. The van der Waals surface area contributed by atoms with Crippen molar-refractivity contribution in [2.75, 3.05) is 5.43 Å². The number of nitrogens with one attached hydrogen (secondary N) is 1. The topological polar surface area (TPSA) is 101 Å². The van der Waals surface area contributed by atoms with Crippen LogP contribution >= 0.6 is 0 Å². The summed E-state index contributed by atoms with van der Waals surface area (Å²) >= 11 is 0. The molecule has 0 aromatic carbocycles. The van der Waals surface area contributed by atoms with Gasteiger partial charge in [-0.1, -0.05) is 0 Å². The number of pyridine rings is 1. The maximum atomic E-state index is 8.73. The van der Waals surface area contributed by atoms with E-state index in [9.17, 15) is 0 Å². The lowest BCUT2D eigenvalue weighted by Crippen LogP contribution is -2.06. The summed E-state index contributed by atoms with van der Waals surface area (Å²) in [6.45, 7) is 0. The molecule has 0 fully saturated rings. The number of anilines is 1. The molecule has 2 rings (SSSR count). The molecule has 2 aromatic heterocycles. The number of hydrogen-bond acceptors (Lipinski definition) is 6. The summed E-state index contributed by atoms with van der Waals surface area (Å²) in [5.74, 6) is 5.66. The van der Waals surface area contributed by atoms with Crippen LogP contribution in [-0.4, -0.2) is 9.97 Å². The van der Waals surface area contributed by atoms with Gasteiger partial charge in [-0.05, 0) is 12.1 Å². The molecule has 2 aromatic rings. The summed E-state index contributed by atoms with van der Waals surface area (Å²) in [5.41, 5.74) is 3.14. The molecular formula is C9H7N5O. The van der Waals surface area contributed by atoms with Crippen LogP contribution in [0.4, 0.5) is 5.88 Å². The highest BCUT2D eigenvalue weighted by molar-refractivity contribution is 5.57. The molecule has 0 amide bonds. The Labute approximate surface area is 85.3 Å². The maximum absolute atomic E-state index is 8.73. The fourth-order valence-electron chi connectivity index (χ4n) is 1.11. The van der Waals surface area contributed by atoms with Gasteiger partial charge in [0.1, 0.15) is 6.07 Å². The molecule has 6 heteroatoms. The molecule has 0 saturated heterocycles. The van der Waals surface area contributed by atoms with Crippen molar-refractivity contribution < 1.29 is 4.42 Å². The highest BCUT2D eigenvalue weighted by atomic mass is 16.4. The number of hydrazine groups is 1. The van der Waals surface area contributed by atoms with Gasteiger partial charge in [-0.25, -0.2) is 5.84 Å². The second kappa shape index (κ2) is 3.77. The van der Waals surface area contributed by atoms with Crippen molar-refractivity contribution in [3.63, 3.8) is 0 Å². The Morgan fingerprint density at radius 2 is 2.13 bits per heavy atom. The van der Waals surface area contributed by atoms with Crippen molar-refractivity contribution in [3.05, 3.63) is 30.2 Å². The van der Waals surface area contributed by atoms with Crippen LogP contribution in [0.15, 0.2) is 28.9 Å². The van der Waals surface area contributed by atoms with Crippen LogP contribution in [0.1, 0.15) is 5.69 Å². The van der Waals surface area contributed by atoms with E-state index >= 15 is 0 Å². The average Bonchev–Trinajstić information content (AvgIpc) is 2.73. The minimum absolute atomic E-state index is 0.129. The third-order valence-corrected chi connectivity index (χ3v) is 1.79. The molecule has 0 atom stereocenters. The summed E-state index contributed by atoms with van der Waals surface area (Å²) in [5, 5.41) is 8.73. The first-order valence-electron chi connectivity index (χ1n) is 4.13. The zero-order valence-corrected chi connectivity index (χ0v) is 7.64. The number of hydrogen-bond donors (Lipinski definition) is 2. The molecular weight excluding hydrogens is 194 g/mol. The normalized spacial score (nSPS) is 9.60. The Bertz CT molecular complexity index is 499. The minimum atomic E-state index is 0.129. The fraction of sp³-hybridized carbons (Fsp3) is 0. The van der Waals surface area contributed by atoms with E-state index in [2.05, 4.69) is 15.4 Å². The standard InChI is InChI=1S/C9H7N5O/c10-5-7-9(14-11)15-8(13-7)6-1-3-12-4-2-6/h1-4,14H,11H2. The average molecular weight is 201 g/mol. The number of nitrogens with zero attached hydrogens (tertiary/aromatic N) is 3. The van der Waals surface area contributed by atoms with Gasteiger partial charge in [0, 0.05) is 18.0 Å². The molecule has 0 aliphatic carbocycles. The van der Waals surface area contributed by atoms with Gasteiger partial charge in [-0.2, -0.15) is 10.2 Å². The molecule has 0 radical (unpaired) electrons. The molecule has 0 aliphatic rings. The molecule has 0 spiro atoms. The van der Waals surface area contributed by atoms with Crippen molar-refractivity contribution in [2.24, 2.45) is 5.84 Å². The zero-order chi connectivity index (χ0) is 10.7. The van der Waals surface area contributed by atoms with Crippen LogP contribution in [0.3, 0.4) is 0 Å². The first-order chi connectivity index (χ1) is 7.35. The van der Waals surface area contributed by atoms with E-state index in [1.807, 2.05) is 6.07 Å². The molecule has 0 bridgehead atoms. The highest BCUT2D eigenvalue weighted by Gasteiger charge is 2.12. The Balaban J connectivity index is 2.48. The van der Waals surface area contributed by atoms with E-state index in [1.54, 1.807) is 24.5 Å². The minimum Gasteiger partial charge on any atom is -0.418 e. The lowest BCUT2D eigenvalue weighted by molar-refractivity contribution is 0.586. The van der Waals surface area contributed by atoms with Crippen molar-refractivity contribution in [3.8, 4) is 17.5 Å². The third-order valence-electron chi connectivity index (χ3n) is 1.79. The molecule has 15 heavy (non-hydrogen) atoms.